The number of nitrogens with zero attached hydrogens (tertiary/aromatic N) is 3. The Morgan fingerprint density at radius 3 is 2.89 bits per heavy atom. The number of urea groups is 1. The van der Waals surface area contributed by atoms with E-state index in [0.717, 1.165) is 16.1 Å². The van der Waals surface area contributed by atoms with Crippen LogP contribution in [-0.2, 0) is 13.0 Å². The Hall–Kier alpha value is -2.52. The third-order valence-corrected chi connectivity index (χ3v) is 5.27. The number of imidazole rings is 1. The van der Waals surface area contributed by atoms with Gasteiger partial charge in [0.2, 0.25) is 0 Å². The van der Waals surface area contributed by atoms with Gasteiger partial charge in [0.05, 0.1) is 29.1 Å². The van der Waals surface area contributed by atoms with Gasteiger partial charge in [0.15, 0.2) is 5.13 Å². The van der Waals surface area contributed by atoms with Gasteiger partial charge < -0.3 is 9.88 Å². The van der Waals surface area contributed by atoms with Crippen LogP contribution in [0.5, 0.6) is 0 Å². The first-order valence-electron chi connectivity index (χ1n) is 8.48. The number of benzene rings is 1. The van der Waals surface area contributed by atoms with Crippen LogP contribution in [-0.4, -0.2) is 33.5 Å². The quantitative estimate of drug-likeness (QED) is 0.581. The third kappa shape index (κ3) is 5.26. The summed E-state index contributed by atoms with van der Waals surface area (Å²) in [5.41, 5.74) is 2.28. The number of aromatic nitrogens is 3. The van der Waals surface area contributed by atoms with Crippen LogP contribution >= 0.6 is 22.9 Å². The molecule has 0 radical (unpaired) electrons. The summed E-state index contributed by atoms with van der Waals surface area (Å²) >= 11 is 7.57. The first-order valence-corrected chi connectivity index (χ1v) is 9.68. The number of aryl methyl sites for hydroxylation is 1. The standard InChI is InChI=1S/C18H18ClF2N5OS/c1-11-16(13-4-2-3-5-14(13)19)28-18(24-11)25-17(27)22-7-6-12-8-26(10-23-12)9-15(20)21/h2-5,8,10,15H,6-7,9H2,1H3,(H2,22,24,25,27). The van der Waals surface area contributed by atoms with Crippen molar-refractivity contribution in [2.75, 3.05) is 11.9 Å². The minimum atomic E-state index is -2.43. The minimum Gasteiger partial charge on any atom is -0.337 e. The number of rotatable bonds is 7. The van der Waals surface area contributed by atoms with E-state index in [1.807, 2.05) is 25.1 Å². The number of carbonyl (C=O) groups is 1. The molecule has 0 aliphatic carbocycles. The van der Waals surface area contributed by atoms with Crippen LogP contribution in [0.1, 0.15) is 11.4 Å². The highest BCUT2D eigenvalue weighted by Gasteiger charge is 2.14. The predicted octanol–water partition coefficient (Wildman–Crippen LogP) is 4.60. The highest BCUT2D eigenvalue weighted by Crippen LogP contribution is 2.36. The van der Waals surface area contributed by atoms with E-state index < -0.39 is 19.0 Å². The van der Waals surface area contributed by atoms with Crippen molar-refractivity contribution < 1.29 is 13.6 Å². The average molecular weight is 426 g/mol. The summed E-state index contributed by atoms with van der Waals surface area (Å²) in [5.74, 6) is 0. The van der Waals surface area contributed by atoms with Gasteiger partial charge >= 0.3 is 6.03 Å². The molecule has 2 heterocycles. The Balaban J connectivity index is 1.52. The summed E-state index contributed by atoms with van der Waals surface area (Å²) in [6, 6.07) is 7.05. The van der Waals surface area contributed by atoms with Crippen molar-refractivity contribution in [2.45, 2.75) is 26.3 Å². The summed E-state index contributed by atoms with van der Waals surface area (Å²) in [4.78, 5) is 21.4. The molecule has 2 N–H and O–H groups in total. The van der Waals surface area contributed by atoms with Gasteiger partial charge in [0.1, 0.15) is 0 Å². The largest absolute Gasteiger partial charge is 0.337 e. The molecular formula is C18H18ClF2N5OS. The Morgan fingerprint density at radius 1 is 1.36 bits per heavy atom. The van der Waals surface area contributed by atoms with Gasteiger partial charge in [-0.3, -0.25) is 5.32 Å². The van der Waals surface area contributed by atoms with E-state index >= 15 is 0 Å². The molecular weight excluding hydrogens is 408 g/mol. The zero-order valence-electron chi connectivity index (χ0n) is 15.0. The van der Waals surface area contributed by atoms with Crippen LogP contribution in [0.3, 0.4) is 0 Å². The van der Waals surface area contributed by atoms with Crippen molar-refractivity contribution in [3.8, 4) is 10.4 Å². The summed E-state index contributed by atoms with van der Waals surface area (Å²) in [6.07, 6.45) is 0.913. The highest BCUT2D eigenvalue weighted by atomic mass is 35.5. The van der Waals surface area contributed by atoms with Gasteiger partial charge in [-0.05, 0) is 13.0 Å². The molecule has 10 heteroatoms. The zero-order chi connectivity index (χ0) is 20.1. The second kappa shape index (κ2) is 9.11. The fraction of sp³-hybridized carbons (Fsp3) is 0.278. The molecule has 0 aliphatic heterocycles. The van der Waals surface area contributed by atoms with Crippen molar-refractivity contribution in [1.82, 2.24) is 19.9 Å². The van der Waals surface area contributed by atoms with Gasteiger partial charge in [-0.1, -0.05) is 41.1 Å². The summed E-state index contributed by atoms with van der Waals surface area (Å²) in [6.45, 7) is 1.78. The smallest absolute Gasteiger partial charge is 0.321 e. The number of carbonyl (C=O) groups excluding carboxylic acids is 1. The normalized spacial score (nSPS) is 11.0. The van der Waals surface area contributed by atoms with Gasteiger partial charge in [0, 0.05) is 29.7 Å². The van der Waals surface area contributed by atoms with Crippen LogP contribution in [0, 0.1) is 6.92 Å². The molecule has 3 rings (SSSR count). The molecule has 148 valence electrons. The predicted molar refractivity (Wildman–Crippen MR) is 106 cm³/mol. The summed E-state index contributed by atoms with van der Waals surface area (Å²) in [7, 11) is 0. The molecule has 28 heavy (non-hydrogen) atoms. The second-order valence-electron chi connectivity index (χ2n) is 6.00. The average Bonchev–Trinajstić information content (AvgIpc) is 3.21. The fourth-order valence-electron chi connectivity index (χ4n) is 2.59. The Bertz CT molecular complexity index is 959. The van der Waals surface area contributed by atoms with E-state index in [1.54, 1.807) is 12.3 Å². The van der Waals surface area contributed by atoms with Crippen molar-refractivity contribution in [3.63, 3.8) is 0 Å². The Labute approximate surface area is 169 Å². The molecule has 0 bridgehead atoms. The molecule has 0 saturated carbocycles. The van der Waals surface area contributed by atoms with Crippen LogP contribution in [0.2, 0.25) is 5.02 Å². The SMILES string of the molecule is Cc1nc(NC(=O)NCCc2cn(CC(F)F)cn2)sc1-c1ccccc1Cl. The number of anilines is 1. The topological polar surface area (TPSA) is 71.8 Å². The minimum absolute atomic E-state index is 0.319. The summed E-state index contributed by atoms with van der Waals surface area (Å²) in [5, 5.41) is 6.49. The van der Waals surface area contributed by atoms with Crippen LogP contribution in [0.25, 0.3) is 10.4 Å². The molecule has 3 aromatic rings. The number of amides is 2. The monoisotopic (exact) mass is 425 g/mol. The third-order valence-electron chi connectivity index (χ3n) is 3.84. The van der Waals surface area contributed by atoms with Crippen molar-refractivity contribution in [1.29, 1.82) is 0 Å². The highest BCUT2D eigenvalue weighted by molar-refractivity contribution is 7.19. The lowest BCUT2D eigenvalue weighted by Crippen LogP contribution is -2.30. The van der Waals surface area contributed by atoms with Gasteiger partial charge in [-0.2, -0.15) is 0 Å². The zero-order valence-corrected chi connectivity index (χ0v) is 16.5. The first kappa shape index (κ1) is 20.2. The van der Waals surface area contributed by atoms with Crippen LogP contribution in [0.15, 0.2) is 36.8 Å². The number of hydrogen-bond donors (Lipinski definition) is 2. The molecule has 0 fully saturated rings. The molecule has 2 aromatic heterocycles. The maximum absolute atomic E-state index is 12.3. The van der Waals surface area contributed by atoms with Gasteiger partial charge in [-0.25, -0.2) is 23.5 Å². The number of halogens is 3. The second-order valence-corrected chi connectivity index (χ2v) is 7.40. The van der Waals surface area contributed by atoms with Crippen LogP contribution < -0.4 is 10.6 Å². The molecule has 2 amide bonds. The van der Waals surface area contributed by atoms with E-state index in [2.05, 4.69) is 20.6 Å². The maximum atomic E-state index is 12.3. The van der Waals surface area contributed by atoms with E-state index in [4.69, 9.17) is 11.6 Å². The van der Waals surface area contributed by atoms with Crippen molar-refractivity contribution >= 4 is 34.1 Å². The molecule has 0 atom stereocenters. The molecule has 0 spiro atoms. The lowest BCUT2D eigenvalue weighted by atomic mass is 10.2. The molecule has 6 nitrogen and oxygen atoms in total. The molecule has 0 saturated heterocycles. The number of thiazole rings is 1. The van der Waals surface area contributed by atoms with Crippen LogP contribution in [0.4, 0.5) is 18.7 Å². The van der Waals surface area contributed by atoms with E-state index in [-0.39, 0.29) is 0 Å². The number of alkyl halides is 2. The Morgan fingerprint density at radius 2 is 2.14 bits per heavy atom. The molecule has 1 aromatic carbocycles. The van der Waals surface area contributed by atoms with E-state index in [1.165, 1.54) is 22.2 Å². The lowest BCUT2D eigenvalue weighted by Gasteiger charge is -2.04. The van der Waals surface area contributed by atoms with E-state index in [0.29, 0.717) is 28.8 Å². The molecule has 0 unspecified atom stereocenters. The number of nitrogens with one attached hydrogen (secondary N) is 2. The van der Waals surface area contributed by atoms with Gasteiger partial charge in [-0.15, -0.1) is 0 Å². The lowest BCUT2D eigenvalue weighted by molar-refractivity contribution is 0.126. The van der Waals surface area contributed by atoms with Crippen molar-refractivity contribution in [3.05, 3.63) is 53.2 Å². The van der Waals surface area contributed by atoms with Crippen molar-refractivity contribution in [2.24, 2.45) is 0 Å². The number of hydrogen-bond acceptors (Lipinski definition) is 4. The summed E-state index contributed by atoms with van der Waals surface area (Å²) < 4.78 is 26.0. The van der Waals surface area contributed by atoms with E-state index in [9.17, 15) is 13.6 Å². The Kier molecular flexibility index (Phi) is 6.58. The van der Waals surface area contributed by atoms with Gasteiger partial charge in [0.25, 0.3) is 6.43 Å². The fourth-order valence-corrected chi connectivity index (χ4v) is 3.87. The first-order chi connectivity index (χ1) is 13.4. The maximum Gasteiger partial charge on any atom is 0.321 e. The molecule has 0 aliphatic rings.